The molecule has 3 N–H and O–H groups in total. The Morgan fingerprint density at radius 3 is 2.53 bits per heavy atom. The van der Waals surface area contributed by atoms with Crippen LogP contribution in [0.2, 0.25) is 0 Å². The van der Waals surface area contributed by atoms with Gasteiger partial charge in [-0.25, -0.2) is 4.39 Å². The van der Waals surface area contributed by atoms with E-state index in [2.05, 4.69) is 37.2 Å². The van der Waals surface area contributed by atoms with Crippen LogP contribution in [0.1, 0.15) is 10.4 Å². The van der Waals surface area contributed by atoms with Gasteiger partial charge in [-0.1, -0.05) is 0 Å². The number of rotatable bonds is 2. The highest BCUT2D eigenvalue weighted by atomic mass is 79.9. The van der Waals surface area contributed by atoms with Gasteiger partial charge in [-0.3, -0.25) is 4.79 Å². The molecule has 2 aromatic carbocycles. The van der Waals surface area contributed by atoms with Gasteiger partial charge in [0.15, 0.2) is 0 Å². The second-order valence-corrected chi connectivity index (χ2v) is 5.53. The summed E-state index contributed by atoms with van der Waals surface area (Å²) in [6.07, 6.45) is 0. The van der Waals surface area contributed by atoms with Crippen molar-refractivity contribution in [1.29, 1.82) is 0 Å². The standard InChI is InChI=1S/C13H9Br2FN2O/c14-10-3-1-7(16)5-9(10)13(19)18-12-6-8(17)2-4-11(12)15/h1-6H,17H2,(H,18,19). The molecule has 0 aromatic heterocycles. The van der Waals surface area contributed by atoms with Crippen molar-refractivity contribution in [2.24, 2.45) is 0 Å². The summed E-state index contributed by atoms with van der Waals surface area (Å²) in [7, 11) is 0. The molecule has 0 heterocycles. The largest absolute Gasteiger partial charge is 0.399 e. The van der Waals surface area contributed by atoms with E-state index in [0.29, 0.717) is 20.3 Å². The lowest BCUT2D eigenvalue weighted by molar-refractivity contribution is 0.102. The minimum absolute atomic E-state index is 0.217. The predicted octanol–water partition coefficient (Wildman–Crippen LogP) is 4.19. The fourth-order valence-corrected chi connectivity index (χ4v) is 2.27. The molecule has 0 fully saturated rings. The van der Waals surface area contributed by atoms with Gasteiger partial charge in [-0.2, -0.15) is 0 Å². The summed E-state index contributed by atoms with van der Waals surface area (Å²) in [6, 6.07) is 8.98. The molecule has 0 aliphatic carbocycles. The molecule has 2 aromatic rings. The first kappa shape index (κ1) is 14.0. The first-order valence-corrected chi connectivity index (χ1v) is 6.87. The second-order valence-electron chi connectivity index (χ2n) is 3.82. The van der Waals surface area contributed by atoms with Crippen molar-refractivity contribution in [3.8, 4) is 0 Å². The molecule has 0 atom stereocenters. The summed E-state index contributed by atoms with van der Waals surface area (Å²) < 4.78 is 14.4. The Kier molecular flexibility index (Phi) is 4.21. The Morgan fingerprint density at radius 1 is 1.11 bits per heavy atom. The van der Waals surface area contributed by atoms with Crippen molar-refractivity contribution in [1.82, 2.24) is 0 Å². The molecule has 98 valence electrons. The van der Waals surface area contributed by atoms with Crippen molar-refractivity contribution in [3.63, 3.8) is 0 Å². The van der Waals surface area contributed by atoms with E-state index < -0.39 is 11.7 Å². The Bertz CT molecular complexity index is 647. The summed E-state index contributed by atoms with van der Waals surface area (Å²) in [6.45, 7) is 0. The third-order valence-electron chi connectivity index (χ3n) is 2.41. The Labute approximate surface area is 126 Å². The van der Waals surface area contributed by atoms with Crippen LogP contribution in [0.25, 0.3) is 0 Å². The normalized spacial score (nSPS) is 10.3. The van der Waals surface area contributed by atoms with Crippen LogP contribution in [0.3, 0.4) is 0 Å². The number of nitrogens with one attached hydrogen (secondary N) is 1. The summed E-state index contributed by atoms with van der Waals surface area (Å²) in [5.74, 6) is -0.891. The zero-order chi connectivity index (χ0) is 14.0. The molecule has 0 saturated carbocycles. The van der Waals surface area contributed by atoms with E-state index in [1.54, 1.807) is 18.2 Å². The van der Waals surface area contributed by atoms with Crippen LogP contribution in [0.15, 0.2) is 45.3 Å². The number of anilines is 2. The lowest BCUT2D eigenvalue weighted by Gasteiger charge is -2.09. The van der Waals surface area contributed by atoms with Crippen LogP contribution < -0.4 is 11.1 Å². The number of halogens is 3. The van der Waals surface area contributed by atoms with E-state index in [4.69, 9.17) is 5.73 Å². The van der Waals surface area contributed by atoms with Gasteiger partial charge in [0.05, 0.1) is 11.3 Å². The molecule has 0 aliphatic heterocycles. The minimum atomic E-state index is -0.472. The second kappa shape index (κ2) is 5.71. The van der Waals surface area contributed by atoms with Crippen molar-refractivity contribution in [2.45, 2.75) is 0 Å². The molecule has 6 heteroatoms. The summed E-state index contributed by atoms with van der Waals surface area (Å²) >= 11 is 6.52. The number of amides is 1. The quantitative estimate of drug-likeness (QED) is 0.759. The van der Waals surface area contributed by atoms with Gasteiger partial charge in [-0.15, -0.1) is 0 Å². The lowest BCUT2D eigenvalue weighted by Crippen LogP contribution is -2.13. The summed E-state index contributed by atoms with van der Waals surface area (Å²) in [5.41, 5.74) is 6.93. The molecular weight excluding hydrogens is 379 g/mol. The molecule has 1 amide bonds. The van der Waals surface area contributed by atoms with Crippen molar-refractivity contribution in [3.05, 3.63) is 56.7 Å². The number of hydrogen-bond donors (Lipinski definition) is 2. The third kappa shape index (κ3) is 3.33. The number of benzene rings is 2. The maximum Gasteiger partial charge on any atom is 0.256 e. The maximum absolute atomic E-state index is 13.2. The highest BCUT2D eigenvalue weighted by Crippen LogP contribution is 2.26. The van der Waals surface area contributed by atoms with E-state index >= 15 is 0 Å². The van der Waals surface area contributed by atoms with Crippen LogP contribution in [0.5, 0.6) is 0 Å². The average molecular weight is 388 g/mol. The monoisotopic (exact) mass is 386 g/mol. The van der Waals surface area contributed by atoms with Crippen LogP contribution in [0.4, 0.5) is 15.8 Å². The fraction of sp³-hybridized carbons (Fsp3) is 0. The van der Waals surface area contributed by atoms with Crippen LogP contribution in [-0.2, 0) is 0 Å². The van der Waals surface area contributed by atoms with Gasteiger partial charge < -0.3 is 11.1 Å². The number of nitrogens with two attached hydrogens (primary N) is 1. The smallest absolute Gasteiger partial charge is 0.256 e. The van der Waals surface area contributed by atoms with E-state index in [1.165, 1.54) is 18.2 Å². The zero-order valence-electron chi connectivity index (χ0n) is 9.58. The molecule has 3 nitrogen and oxygen atoms in total. The topological polar surface area (TPSA) is 55.1 Å². The molecule has 0 saturated heterocycles. The Morgan fingerprint density at radius 2 is 1.79 bits per heavy atom. The fourth-order valence-electron chi connectivity index (χ4n) is 1.50. The molecule has 0 spiro atoms. The Balaban J connectivity index is 2.30. The van der Waals surface area contributed by atoms with Crippen molar-refractivity contribution in [2.75, 3.05) is 11.1 Å². The van der Waals surface area contributed by atoms with Crippen molar-refractivity contribution < 1.29 is 9.18 Å². The first-order chi connectivity index (χ1) is 8.97. The van der Waals surface area contributed by atoms with Crippen LogP contribution >= 0.6 is 31.9 Å². The van der Waals surface area contributed by atoms with Gasteiger partial charge >= 0.3 is 0 Å². The van der Waals surface area contributed by atoms with Crippen molar-refractivity contribution >= 4 is 49.1 Å². The molecule has 0 bridgehead atoms. The minimum Gasteiger partial charge on any atom is -0.399 e. The van der Waals surface area contributed by atoms with Crippen LogP contribution in [0, 0.1) is 5.82 Å². The highest BCUT2D eigenvalue weighted by Gasteiger charge is 2.13. The van der Waals surface area contributed by atoms with E-state index in [1.807, 2.05) is 0 Å². The van der Waals surface area contributed by atoms with Gasteiger partial charge in [0, 0.05) is 14.6 Å². The van der Waals surface area contributed by atoms with E-state index in [-0.39, 0.29) is 5.56 Å². The molecule has 0 aliphatic rings. The average Bonchev–Trinajstić information content (AvgIpc) is 2.36. The molecule has 0 unspecified atom stereocenters. The van der Waals surface area contributed by atoms with E-state index in [0.717, 1.165) is 0 Å². The summed E-state index contributed by atoms with van der Waals surface area (Å²) in [4.78, 5) is 12.1. The number of hydrogen-bond acceptors (Lipinski definition) is 2. The number of carbonyl (C=O) groups is 1. The Hall–Kier alpha value is -1.40. The van der Waals surface area contributed by atoms with E-state index in [9.17, 15) is 9.18 Å². The lowest BCUT2D eigenvalue weighted by atomic mass is 10.2. The molecular formula is C13H9Br2FN2O. The number of carbonyl (C=O) groups excluding carboxylic acids is 1. The van der Waals surface area contributed by atoms with Crippen LogP contribution in [-0.4, -0.2) is 5.91 Å². The van der Waals surface area contributed by atoms with Gasteiger partial charge in [0.2, 0.25) is 0 Å². The SMILES string of the molecule is Nc1ccc(Br)c(NC(=O)c2cc(F)ccc2Br)c1. The van der Waals surface area contributed by atoms with Gasteiger partial charge in [0.1, 0.15) is 5.82 Å². The summed E-state index contributed by atoms with van der Waals surface area (Å²) in [5, 5.41) is 2.67. The van der Waals surface area contributed by atoms with Gasteiger partial charge in [-0.05, 0) is 68.3 Å². The molecule has 2 rings (SSSR count). The molecule has 19 heavy (non-hydrogen) atoms. The number of nitrogen functional groups attached to an aromatic ring is 1. The first-order valence-electron chi connectivity index (χ1n) is 5.29. The maximum atomic E-state index is 13.2. The van der Waals surface area contributed by atoms with Gasteiger partial charge in [0.25, 0.3) is 5.91 Å². The third-order valence-corrected chi connectivity index (χ3v) is 3.79. The predicted molar refractivity (Wildman–Crippen MR) is 80.6 cm³/mol. The highest BCUT2D eigenvalue weighted by molar-refractivity contribution is 9.11. The zero-order valence-corrected chi connectivity index (χ0v) is 12.8. The molecule has 0 radical (unpaired) electrons.